The average molecular weight is 291 g/mol. The van der Waals surface area contributed by atoms with E-state index < -0.39 is 0 Å². The number of hydrogen-bond acceptors (Lipinski definition) is 5. The monoisotopic (exact) mass is 291 g/mol. The van der Waals surface area contributed by atoms with Gasteiger partial charge in [0, 0.05) is 24.7 Å². The second-order valence-electron chi connectivity index (χ2n) is 4.69. The minimum Gasteiger partial charge on any atom is -0.496 e. The molecule has 0 saturated carbocycles. The first-order chi connectivity index (χ1) is 10.2. The highest BCUT2D eigenvalue weighted by Gasteiger charge is 2.08. The summed E-state index contributed by atoms with van der Waals surface area (Å²) in [6, 6.07) is 9.30. The van der Waals surface area contributed by atoms with Gasteiger partial charge in [-0.3, -0.25) is 0 Å². The van der Waals surface area contributed by atoms with E-state index in [0.29, 0.717) is 24.6 Å². The minimum atomic E-state index is 0.0109. The number of ether oxygens (including phenoxy) is 3. The maximum Gasteiger partial charge on any atom is 0.127 e. The molecule has 114 valence electrons. The van der Waals surface area contributed by atoms with Gasteiger partial charge in [0.15, 0.2) is 0 Å². The third kappa shape index (κ3) is 4.72. The van der Waals surface area contributed by atoms with Gasteiger partial charge in [-0.05, 0) is 19.1 Å². The lowest BCUT2D eigenvalue weighted by molar-refractivity contribution is 0.213. The summed E-state index contributed by atoms with van der Waals surface area (Å²) in [5, 5.41) is 3.28. The van der Waals surface area contributed by atoms with Crippen LogP contribution in [0.2, 0.25) is 0 Å². The Labute approximate surface area is 124 Å². The highest BCUT2D eigenvalue weighted by molar-refractivity contribution is 5.42. The van der Waals surface area contributed by atoms with Crippen molar-refractivity contribution in [2.45, 2.75) is 19.6 Å². The first-order valence-corrected chi connectivity index (χ1v) is 6.84. The van der Waals surface area contributed by atoms with Crippen molar-refractivity contribution in [3.05, 3.63) is 42.4 Å². The smallest absolute Gasteiger partial charge is 0.127 e. The Balaban J connectivity index is 1.85. The molecule has 0 amide bonds. The Hall–Kier alpha value is -2.14. The number of methoxy groups -OCH3 is 2. The molecule has 21 heavy (non-hydrogen) atoms. The van der Waals surface area contributed by atoms with Crippen LogP contribution in [0.25, 0.3) is 0 Å². The lowest BCUT2D eigenvalue weighted by atomic mass is 10.3. The van der Waals surface area contributed by atoms with Crippen LogP contribution in [0.4, 0.5) is 0 Å². The van der Waals surface area contributed by atoms with Crippen LogP contribution >= 0.6 is 0 Å². The summed E-state index contributed by atoms with van der Waals surface area (Å²) in [6.45, 7) is 3.39. The fourth-order valence-corrected chi connectivity index (χ4v) is 1.94. The third-order valence-electron chi connectivity index (χ3n) is 2.97. The Morgan fingerprint density at radius 2 is 1.76 bits per heavy atom. The van der Waals surface area contributed by atoms with Gasteiger partial charge in [-0.1, -0.05) is 0 Å². The Kier molecular flexibility index (Phi) is 5.51. The zero-order valence-electron chi connectivity index (χ0n) is 12.6. The van der Waals surface area contributed by atoms with Crippen LogP contribution in [-0.4, -0.2) is 26.9 Å². The molecule has 1 unspecified atom stereocenters. The van der Waals surface area contributed by atoms with Gasteiger partial charge in [0.05, 0.1) is 27.0 Å². The molecule has 1 atom stereocenters. The van der Waals surface area contributed by atoms with Gasteiger partial charge < -0.3 is 23.9 Å². The van der Waals surface area contributed by atoms with E-state index >= 15 is 0 Å². The van der Waals surface area contributed by atoms with Crippen molar-refractivity contribution in [1.82, 2.24) is 5.32 Å². The number of furan rings is 1. The van der Waals surface area contributed by atoms with E-state index in [1.807, 2.05) is 37.3 Å². The molecule has 0 aliphatic rings. The second kappa shape index (κ2) is 7.59. The molecule has 2 rings (SSSR count). The maximum atomic E-state index is 5.87. The molecular weight excluding hydrogens is 270 g/mol. The number of benzene rings is 1. The molecule has 1 N–H and O–H groups in total. The van der Waals surface area contributed by atoms with Crippen molar-refractivity contribution in [2.24, 2.45) is 0 Å². The SMILES string of the molecule is COc1cc(OC)cc(OC(C)CNCc2ccco2)c1. The predicted octanol–water partition coefficient (Wildman–Crippen LogP) is 2.85. The summed E-state index contributed by atoms with van der Waals surface area (Å²) in [4.78, 5) is 0. The molecule has 0 bridgehead atoms. The summed E-state index contributed by atoms with van der Waals surface area (Å²) < 4.78 is 21.6. The Morgan fingerprint density at radius 1 is 1.10 bits per heavy atom. The van der Waals surface area contributed by atoms with Crippen molar-refractivity contribution in [3.63, 3.8) is 0 Å². The highest BCUT2D eigenvalue weighted by atomic mass is 16.5. The van der Waals surface area contributed by atoms with Gasteiger partial charge in [0.1, 0.15) is 29.1 Å². The molecule has 0 spiro atoms. The van der Waals surface area contributed by atoms with Crippen molar-refractivity contribution < 1.29 is 18.6 Å². The second-order valence-corrected chi connectivity index (χ2v) is 4.69. The first-order valence-electron chi connectivity index (χ1n) is 6.84. The molecule has 5 heteroatoms. The highest BCUT2D eigenvalue weighted by Crippen LogP contribution is 2.27. The van der Waals surface area contributed by atoms with Crippen LogP contribution < -0.4 is 19.5 Å². The molecule has 1 aromatic heterocycles. The van der Waals surface area contributed by atoms with Gasteiger partial charge in [-0.15, -0.1) is 0 Å². The standard InChI is InChI=1S/C16H21NO4/c1-12(10-17-11-13-5-4-6-20-13)21-16-8-14(18-2)7-15(9-16)19-3/h4-9,12,17H,10-11H2,1-3H3. The van der Waals surface area contributed by atoms with Gasteiger partial charge in [-0.2, -0.15) is 0 Å². The number of rotatable bonds is 8. The van der Waals surface area contributed by atoms with Crippen LogP contribution in [0, 0.1) is 0 Å². The molecule has 0 radical (unpaired) electrons. The molecule has 0 saturated heterocycles. The zero-order valence-corrected chi connectivity index (χ0v) is 12.6. The Bertz CT molecular complexity index is 517. The molecule has 0 fully saturated rings. The van der Waals surface area contributed by atoms with Crippen molar-refractivity contribution in [3.8, 4) is 17.2 Å². The van der Waals surface area contributed by atoms with Crippen LogP contribution in [-0.2, 0) is 6.54 Å². The molecular formula is C16H21NO4. The Morgan fingerprint density at radius 3 is 2.33 bits per heavy atom. The maximum absolute atomic E-state index is 5.87. The predicted molar refractivity (Wildman–Crippen MR) is 80.1 cm³/mol. The van der Waals surface area contributed by atoms with Crippen molar-refractivity contribution in [2.75, 3.05) is 20.8 Å². The van der Waals surface area contributed by atoms with Crippen LogP contribution in [0.5, 0.6) is 17.2 Å². The molecule has 2 aromatic rings. The summed E-state index contributed by atoms with van der Waals surface area (Å²) in [5.41, 5.74) is 0. The molecule has 1 aromatic carbocycles. The van der Waals surface area contributed by atoms with Gasteiger partial charge in [-0.25, -0.2) is 0 Å². The normalized spacial score (nSPS) is 12.0. The molecule has 5 nitrogen and oxygen atoms in total. The van der Waals surface area contributed by atoms with Crippen LogP contribution in [0.15, 0.2) is 41.0 Å². The van der Waals surface area contributed by atoms with Gasteiger partial charge in [0.25, 0.3) is 0 Å². The average Bonchev–Trinajstić information content (AvgIpc) is 3.00. The van der Waals surface area contributed by atoms with Crippen LogP contribution in [0.3, 0.4) is 0 Å². The van der Waals surface area contributed by atoms with Crippen molar-refractivity contribution in [1.29, 1.82) is 0 Å². The topological polar surface area (TPSA) is 52.9 Å². The molecule has 0 aliphatic carbocycles. The lowest BCUT2D eigenvalue weighted by Gasteiger charge is -2.16. The summed E-state index contributed by atoms with van der Waals surface area (Å²) in [5.74, 6) is 3.05. The quantitative estimate of drug-likeness (QED) is 0.810. The summed E-state index contributed by atoms with van der Waals surface area (Å²) in [7, 11) is 3.24. The van der Waals surface area contributed by atoms with Crippen molar-refractivity contribution >= 4 is 0 Å². The van der Waals surface area contributed by atoms with E-state index in [0.717, 1.165) is 11.5 Å². The largest absolute Gasteiger partial charge is 0.496 e. The minimum absolute atomic E-state index is 0.0109. The van der Waals surface area contributed by atoms with Gasteiger partial charge in [0.2, 0.25) is 0 Å². The van der Waals surface area contributed by atoms with Gasteiger partial charge >= 0.3 is 0 Å². The van der Waals surface area contributed by atoms with E-state index in [1.165, 1.54) is 0 Å². The number of nitrogens with one attached hydrogen (secondary N) is 1. The number of hydrogen-bond donors (Lipinski definition) is 1. The van der Waals surface area contributed by atoms with E-state index in [9.17, 15) is 0 Å². The fraction of sp³-hybridized carbons (Fsp3) is 0.375. The van der Waals surface area contributed by atoms with E-state index in [4.69, 9.17) is 18.6 Å². The summed E-state index contributed by atoms with van der Waals surface area (Å²) in [6.07, 6.45) is 1.68. The molecule has 0 aliphatic heterocycles. The first kappa shape index (κ1) is 15.3. The van der Waals surface area contributed by atoms with E-state index in [2.05, 4.69) is 5.32 Å². The zero-order chi connectivity index (χ0) is 15.1. The van der Waals surface area contributed by atoms with E-state index in [-0.39, 0.29) is 6.10 Å². The summed E-state index contributed by atoms with van der Waals surface area (Å²) >= 11 is 0. The van der Waals surface area contributed by atoms with E-state index in [1.54, 1.807) is 20.5 Å². The lowest BCUT2D eigenvalue weighted by Crippen LogP contribution is -2.28. The fourth-order valence-electron chi connectivity index (χ4n) is 1.94. The van der Waals surface area contributed by atoms with Crippen LogP contribution in [0.1, 0.15) is 12.7 Å². The molecule has 1 heterocycles. The third-order valence-corrected chi connectivity index (χ3v) is 2.97.